The predicted octanol–water partition coefficient (Wildman–Crippen LogP) is 5.79. The van der Waals surface area contributed by atoms with Crippen LogP contribution in [0.2, 0.25) is 5.02 Å². The molecule has 0 saturated heterocycles. The number of fused-ring (bicyclic) bond motifs is 1. The maximum atomic E-state index is 6.21. The summed E-state index contributed by atoms with van der Waals surface area (Å²) in [4.78, 5) is 3.41. The molecule has 1 aromatic heterocycles. The van der Waals surface area contributed by atoms with Crippen molar-refractivity contribution in [2.75, 3.05) is 0 Å². The van der Waals surface area contributed by atoms with Crippen LogP contribution in [0.3, 0.4) is 0 Å². The monoisotopic (exact) mass is 283 g/mol. The van der Waals surface area contributed by atoms with E-state index in [1.54, 1.807) is 0 Å². The SMILES string of the molecule is CC(C)(C)c1ccc(-c2cc3cccc(Cl)c3[nH]2)cc1. The van der Waals surface area contributed by atoms with E-state index in [1.165, 1.54) is 11.1 Å². The Morgan fingerprint density at radius 2 is 1.65 bits per heavy atom. The molecule has 1 heterocycles. The highest BCUT2D eigenvalue weighted by Gasteiger charge is 2.13. The van der Waals surface area contributed by atoms with Gasteiger partial charge in [-0.25, -0.2) is 0 Å². The molecule has 3 aromatic rings. The lowest BCUT2D eigenvalue weighted by Gasteiger charge is -2.19. The fourth-order valence-electron chi connectivity index (χ4n) is 2.42. The van der Waals surface area contributed by atoms with E-state index in [2.05, 4.69) is 62.2 Å². The lowest BCUT2D eigenvalue weighted by molar-refractivity contribution is 0.590. The summed E-state index contributed by atoms with van der Waals surface area (Å²) in [5, 5.41) is 1.91. The molecule has 1 nitrogen and oxygen atoms in total. The molecular weight excluding hydrogens is 266 g/mol. The molecule has 1 N–H and O–H groups in total. The highest BCUT2D eigenvalue weighted by molar-refractivity contribution is 6.35. The topological polar surface area (TPSA) is 15.8 Å². The average Bonchev–Trinajstić information content (AvgIpc) is 2.83. The highest BCUT2D eigenvalue weighted by Crippen LogP contribution is 2.30. The average molecular weight is 284 g/mol. The van der Waals surface area contributed by atoms with Crippen molar-refractivity contribution in [3.8, 4) is 11.3 Å². The minimum atomic E-state index is 0.183. The van der Waals surface area contributed by atoms with Crippen LogP contribution in [0, 0.1) is 0 Å². The third kappa shape index (κ3) is 2.34. The number of hydrogen-bond donors (Lipinski definition) is 1. The Bertz CT molecular complexity index is 745. The Hall–Kier alpha value is -1.73. The molecule has 2 aromatic carbocycles. The molecule has 0 saturated carbocycles. The van der Waals surface area contributed by atoms with Gasteiger partial charge in [0.25, 0.3) is 0 Å². The van der Waals surface area contributed by atoms with Crippen molar-refractivity contribution in [3.05, 3.63) is 59.1 Å². The second kappa shape index (κ2) is 4.68. The number of hydrogen-bond acceptors (Lipinski definition) is 0. The van der Waals surface area contributed by atoms with Crippen molar-refractivity contribution >= 4 is 22.5 Å². The Kier molecular flexibility index (Phi) is 3.10. The molecule has 0 atom stereocenters. The summed E-state index contributed by atoms with van der Waals surface area (Å²) >= 11 is 6.21. The summed E-state index contributed by atoms with van der Waals surface area (Å²) < 4.78 is 0. The Morgan fingerprint density at radius 3 is 2.25 bits per heavy atom. The number of benzene rings is 2. The van der Waals surface area contributed by atoms with Crippen LogP contribution in [0.15, 0.2) is 48.5 Å². The Balaban J connectivity index is 2.05. The maximum absolute atomic E-state index is 6.21. The highest BCUT2D eigenvalue weighted by atomic mass is 35.5. The van der Waals surface area contributed by atoms with Crippen LogP contribution < -0.4 is 0 Å². The first-order valence-electron chi connectivity index (χ1n) is 6.83. The quantitative estimate of drug-likeness (QED) is 0.582. The molecule has 20 heavy (non-hydrogen) atoms. The number of rotatable bonds is 1. The van der Waals surface area contributed by atoms with Crippen LogP contribution in [0.5, 0.6) is 0 Å². The van der Waals surface area contributed by atoms with Crippen LogP contribution in [0.25, 0.3) is 22.2 Å². The molecule has 0 aliphatic heterocycles. The van der Waals surface area contributed by atoms with Crippen molar-refractivity contribution in [1.82, 2.24) is 4.98 Å². The van der Waals surface area contributed by atoms with Gasteiger partial charge in [0, 0.05) is 11.1 Å². The summed E-state index contributed by atoms with van der Waals surface area (Å²) in [7, 11) is 0. The second-order valence-corrected chi connectivity index (χ2v) is 6.62. The first kappa shape index (κ1) is 13.3. The zero-order valence-electron chi connectivity index (χ0n) is 12.0. The van der Waals surface area contributed by atoms with E-state index in [0.29, 0.717) is 0 Å². The molecule has 0 aliphatic carbocycles. The van der Waals surface area contributed by atoms with Crippen LogP contribution in [0.4, 0.5) is 0 Å². The molecule has 0 radical (unpaired) electrons. The van der Waals surface area contributed by atoms with Crippen molar-refractivity contribution in [3.63, 3.8) is 0 Å². The van der Waals surface area contributed by atoms with Crippen molar-refractivity contribution in [2.45, 2.75) is 26.2 Å². The summed E-state index contributed by atoms with van der Waals surface area (Å²) in [6.45, 7) is 6.68. The number of aromatic amines is 1. The standard InChI is InChI=1S/C18H18ClN/c1-18(2,3)14-9-7-12(8-10-14)16-11-13-5-4-6-15(19)17(13)20-16/h4-11,20H,1-3H3. The minimum absolute atomic E-state index is 0.183. The lowest BCUT2D eigenvalue weighted by Crippen LogP contribution is -2.10. The van der Waals surface area contributed by atoms with E-state index < -0.39 is 0 Å². The summed E-state index contributed by atoms with van der Waals surface area (Å²) in [6, 6.07) is 16.8. The van der Waals surface area contributed by atoms with Gasteiger partial charge in [-0.15, -0.1) is 0 Å². The van der Waals surface area contributed by atoms with Gasteiger partial charge in [0.05, 0.1) is 10.5 Å². The Morgan fingerprint density at radius 1 is 0.950 bits per heavy atom. The number of aromatic nitrogens is 1. The van der Waals surface area contributed by atoms with Crippen molar-refractivity contribution in [1.29, 1.82) is 0 Å². The third-order valence-corrected chi connectivity index (χ3v) is 3.98. The smallest absolute Gasteiger partial charge is 0.0648 e. The number of nitrogens with one attached hydrogen (secondary N) is 1. The second-order valence-electron chi connectivity index (χ2n) is 6.21. The largest absolute Gasteiger partial charge is 0.353 e. The van der Waals surface area contributed by atoms with E-state index >= 15 is 0 Å². The molecule has 3 rings (SSSR count). The molecule has 2 heteroatoms. The van der Waals surface area contributed by atoms with Gasteiger partial charge < -0.3 is 4.98 Å². The lowest BCUT2D eigenvalue weighted by atomic mass is 9.86. The van der Waals surface area contributed by atoms with Gasteiger partial charge in [-0.05, 0) is 28.7 Å². The minimum Gasteiger partial charge on any atom is -0.353 e. The van der Waals surface area contributed by atoms with Crippen molar-refractivity contribution < 1.29 is 0 Å². The van der Waals surface area contributed by atoms with Gasteiger partial charge in [-0.1, -0.05) is 68.8 Å². The van der Waals surface area contributed by atoms with E-state index in [4.69, 9.17) is 11.6 Å². The summed E-state index contributed by atoms with van der Waals surface area (Å²) in [5.41, 5.74) is 4.82. The molecule has 0 spiro atoms. The molecule has 0 amide bonds. The zero-order valence-corrected chi connectivity index (χ0v) is 12.8. The molecule has 0 bridgehead atoms. The van der Waals surface area contributed by atoms with Crippen molar-refractivity contribution in [2.24, 2.45) is 0 Å². The van der Waals surface area contributed by atoms with Crippen LogP contribution in [-0.2, 0) is 5.41 Å². The zero-order chi connectivity index (χ0) is 14.3. The maximum Gasteiger partial charge on any atom is 0.0648 e. The normalized spacial score (nSPS) is 12.0. The third-order valence-electron chi connectivity index (χ3n) is 3.67. The van der Waals surface area contributed by atoms with Gasteiger partial charge in [-0.2, -0.15) is 0 Å². The predicted molar refractivity (Wildman–Crippen MR) is 87.4 cm³/mol. The van der Waals surface area contributed by atoms with Gasteiger partial charge in [0.1, 0.15) is 0 Å². The first-order chi connectivity index (χ1) is 9.45. The van der Waals surface area contributed by atoms with Crippen LogP contribution in [0.1, 0.15) is 26.3 Å². The van der Waals surface area contributed by atoms with E-state index in [1.807, 2.05) is 12.1 Å². The number of H-pyrrole nitrogens is 1. The molecule has 0 fully saturated rings. The number of para-hydroxylation sites is 1. The van der Waals surface area contributed by atoms with Gasteiger partial charge in [-0.3, -0.25) is 0 Å². The van der Waals surface area contributed by atoms with Crippen LogP contribution in [-0.4, -0.2) is 4.98 Å². The van der Waals surface area contributed by atoms with Gasteiger partial charge >= 0.3 is 0 Å². The number of halogens is 1. The fourth-order valence-corrected chi connectivity index (χ4v) is 2.65. The first-order valence-corrected chi connectivity index (χ1v) is 7.21. The molecule has 102 valence electrons. The van der Waals surface area contributed by atoms with Gasteiger partial charge in [0.15, 0.2) is 0 Å². The van der Waals surface area contributed by atoms with Crippen LogP contribution >= 0.6 is 11.6 Å². The van der Waals surface area contributed by atoms with Gasteiger partial charge in [0.2, 0.25) is 0 Å². The summed E-state index contributed by atoms with van der Waals surface area (Å²) in [6.07, 6.45) is 0. The van der Waals surface area contributed by atoms with E-state index in [-0.39, 0.29) is 5.41 Å². The van der Waals surface area contributed by atoms with E-state index in [9.17, 15) is 0 Å². The Labute approximate surface area is 124 Å². The molecular formula is C18H18ClN. The molecule has 0 unspecified atom stereocenters. The summed E-state index contributed by atoms with van der Waals surface area (Å²) in [5.74, 6) is 0. The van der Waals surface area contributed by atoms with E-state index in [0.717, 1.165) is 21.6 Å². The fraction of sp³-hybridized carbons (Fsp3) is 0.222. The molecule has 0 aliphatic rings.